The number of hydrogen-bond acceptors (Lipinski definition) is 2. The predicted molar refractivity (Wildman–Crippen MR) is 75.8 cm³/mol. The maximum absolute atomic E-state index is 10.9. The van der Waals surface area contributed by atoms with Crippen LogP contribution in [0, 0.1) is 0 Å². The fraction of sp³-hybridized carbons (Fsp3) is 0.533. The molecule has 0 aliphatic rings. The summed E-state index contributed by atoms with van der Waals surface area (Å²) in [6.45, 7) is 6.06. The van der Waals surface area contributed by atoms with Crippen molar-refractivity contribution in [2.75, 3.05) is 5.75 Å². The third kappa shape index (κ3) is 5.40. The Labute approximate surface area is 109 Å². The molecule has 0 saturated heterocycles. The Balaban J connectivity index is 2.51. The zero-order chi connectivity index (χ0) is 12.7. The van der Waals surface area contributed by atoms with Gasteiger partial charge in [0, 0.05) is 11.3 Å². The van der Waals surface area contributed by atoms with Crippen LogP contribution in [0.2, 0.25) is 0 Å². The summed E-state index contributed by atoms with van der Waals surface area (Å²) in [5.74, 6) is 1.94. The largest absolute Gasteiger partial charge is 0.300 e. The summed E-state index contributed by atoms with van der Waals surface area (Å²) >= 11 is 1.90. The van der Waals surface area contributed by atoms with Crippen molar-refractivity contribution in [1.29, 1.82) is 0 Å². The molecule has 0 aromatic heterocycles. The van der Waals surface area contributed by atoms with Crippen molar-refractivity contribution in [2.24, 2.45) is 0 Å². The van der Waals surface area contributed by atoms with Crippen molar-refractivity contribution < 1.29 is 4.79 Å². The van der Waals surface area contributed by atoms with Gasteiger partial charge in [0.15, 0.2) is 0 Å². The first-order chi connectivity index (χ1) is 8.13. The van der Waals surface area contributed by atoms with E-state index >= 15 is 0 Å². The van der Waals surface area contributed by atoms with Crippen LogP contribution < -0.4 is 0 Å². The van der Waals surface area contributed by atoms with Crippen LogP contribution in [-0.2, 0) is 4.79 Å². The minimum Gasteiger partial charge on any atom is -0.300 e. The Morgan fingerprint density at radius 3 is 2.47 bits per heavy atom. The van der Waals surface area contributed by atoms with Crippen LogP contribution in [0.4, 0.5) is 0 Å². The van der Waals surface area contributed by atoms with Gasteiger partial charge in [0.1, 0.15) is 5.78 Å². The number of carbonyl (C=O) groups excluding carboxylic acids is 1. The zero-order valence-corrected chi connectivity index (χ0v) is 11.8. The molecular formula is C15H22OS. The standard InChI is InChI=1S/C15H22OS/c1-4-11-17-15-9-7-14(8-10-15)12(2)5-6-13(3)16/h7-10,12H,4-6,11H2,1-3H3. The Morgan fingerprint density at radius 1 is 1.29 bits per heavy atom. The van der Waals surface area contributed by atoms with E-state index < -0.39 is 0 Å². The van der Waals surface area contributed by atoms with E-state index in [0.717, 1.165) is 6.42 Å². The van der Waals surface area contributed by atoms with Crippen LogP contribution in [0.5, 0.6) is 0 Å². The molecule has 1 aromatic carbocycles. The molecule has 0 spiro atoms. The van der Waals surface area contributed by atoms with Crippen LogP contribution in [-0.4, -0.2) is 11.5 Å². The first-order valence-corrected chi connectivity index (χ1v) is 7.34. The fourth-order valence-corrected chi connectivity index (χ4v) is 2.47. The zero-order valence-electron chi connectivity index (χ0n) is 11.0. The lowest BCUT2D eigenvalue weighted by molar-refractivity contribution is -0.117. The molecule has 94 valence electrons. The van der Waals surface area contributed by atoms with Gasteiger partial charge in [0.05, 0.1) is 0 Å². The molecule has 0 heterocycles. The molecule has 0 saturated carbocycles. The van der Waals surface area contributed by atoms with Crippen LogP contribution in [0.1, 0.15) is 51.5 Å². The van der Waals surface area contributed by atoms with E-state index in [-0.39, 0.29) is 5.78 Å². The lowest BCUT2D eigenvalue weighted by atomic mass is 9.95. The Bertz CT molecular complexity index is 342. The molecule has 0 amide bonds. The molecule has 2 heteroatoms. The van der Waals surface area contributed by atoms with Crippen molar-refractivity contribution in [3.63, 3.8) is 0 Å². The van der Waals surface area contributed by atoms with Crippen LogP contribution in [0.15, 0.2) is 29.2 Å². The van der Waals surface area contributed by atoms with Crippen molar-refractivity contribution >= 4 is 17.5 Å². The Kier molecular flexibility index (Phi) is 6.35. The predicted octanol–water partition coefficient (Wildman–Crippen LogP) is 4.66. The molecule has 0 N–H and O–H groups in total. The number of rotatable bonds is 7. The van der Waals surface area contributed by atoms with Gasteiger partial charge < -0.3 is 4.79 Å². The summed E-state index contributed by atoms with van der Waals surface area (Å²) in [4.78, 5) is 12.3. The quantitative estimate of drug-likeness (QED) is 0.655. The summed E-state index contributed by atoms with van der Waals surface area (Å²) in [6, 6.07) is 8.78. The lowest BCUT2D eigenvalue weighted by Crippen LogP contribution is -1.97. The number of thioether (sulfide) groups is 1. The van der Waals surface area contributed by atoms with E-state index in [2.05, 4.69) is 38.1 Å². The van der Waals surface area contributed by atoms with E-state index in [9.17, 15) is 4.79 Å². The number of hydrogen-bond donors (Lipinski definition) is 0. The van der Waals surface area contributed by atoms with E-state index in [1.54, 1.807) is 6.92 Å². The molecule has 1 atom stereocenters. The first kappa shape index (κ1) is 14.3. The highest BCUT2D eigenvalue weighted by atomic mass is 32.2. The molecule has 1 nitrogen and oxygen atoms in total. The van der Waals surface area contributed by atoms with Gasteiger partial charge in [-0.1, -0.05) is 26.0 Å². The van der Waals surface area contributed by atoms with Gasteiger partial charge in [-0.2, -0.15) is 0 Å². The molecular weight excluding hydrogens is 228 g/mol. The minimum atomic E-state index is 0.284. The summed E-state index contributed by atoms with van der Waals surface area (Å²) in [5, 5.41) is 0. The maximum Gasteiger partial charge on any atom is 0.129 e. The van der Waals surface area contributed by atoms with Crippen molar-refractivity contribution in [1.82, 2.24) is 0 Å². The van der Waals surface area contributed by atoms with Gasteiger partial charge in [-0.25, -0.2) is 0 Å². The Hall–Kier alpha value is -0.760. The third-order valence-corrected chi connectivity index (χ3v) is 4.07. The van der Waals surface area contributed by atoms with Crippen molar-refractivity contribution in [2.45, 2.75) is 50.8 Å². The summed E-state index contributed by atoms with van der Waals surface area (Å²) < 4.78 is 0. The molecule has 1 unspecified atom stereocenters. The smallest absolute Gasteiger partial charge is 0.129 e. The van der Waals surface area contributed by atoms with E-state index in [1.807, 2.05) is 11.8 Å². The van der Waals surface area contributed by atoms with Crippen molar-refractivity contribution in [3.8, 4) is 0 Å². The van der Waals surface area contributed by atoms with Gasteiger partial charge in [0.2, 0.25) is 0 Å². The van der Waals surface area contributed by atoms with Crippen LogP contribution in [0.25, 0.3) is 0 Å². The molecule has 0 bridgehead atoms. The van der Waals surface area contributed by atoms with Crippen LogP contribution in [0.3, 0.4) is 0 Å². The Morgan fingerprint density at radius 2 is 1.94 bits per heavy atom. The van der Waals surface area contributed by atoms with Gasteiger partial charge >= 0.3 is 0 Å². The lowest BCUT2D eigenvalue weighted by Gasteiger charge is -2.11. The van der Waals surface area contributed by atoms with Gasteiger partial charge in [-0.3, -0.25) is 0 Å². The van der Waals surface area contributed by atoms with Gasteiger partial charge in [-0.05, 0) is 49.1 Å². The second-order valence-corrected chi connectivity index (χ2v) is 5.73. The monoisotopic (exact) mass is 250 g/mol. The third-order valence-electron chi connectivity index (χ3n) is 2.85. The SMILES string of the molecule is CCCSc1ccc(C(C)CCC(C)=O)cc1. The van der Waals surface area contributed by atoms with Crippen molar-refractivity contribution in [3.05, 3.63) is 29.8 Å². The van der Waals surface area contributed by atoms with Crippen LogP contribution >= 0.6 is 11.8 Å². The highest BCUT2D eigenvalue weighted by Gasteiger charge is 2.06. The molecule has 17 heavy (non-hydrogen) atoms. The molecule has 0 fully saturated rings. The fourth-order valence-electron chi connectivity index (χ4n) is 1.70. The maximum atomic E-state index is 10.9. The second kappa shape index (κ2) is 7.54. The minimum absolute atomic E-state index is 0.284. The average molecular weight is 250 g/mol. The molecule has 1 rings (SSSR count). The van der Waals surface area contributed by atoms with E-state index in [0.29, 0.717) is 12.3 Å². The molecule has 0 radical (unpaired) electrons. The summed E-state index contributed by atoms with van der Waals surface area (Å²) in [7, 11) is 0. The first-order valence-electron chi connectivity index (χ1n) is 6.35. The van der Waals surface area contributed by atoms with Gasteiger partial charge in [-0.15, -0.1) is 11.8 Å². The number of carbonyl (C=O) groups is 1. The second-order valence-electron chi connectivity index (χ2n) is 4.56. The topological polar surface area (TPSA) is 17.1 Å². The van der Waals surface area contributed by atoms with E-state index in [1.165, 1.54) is 22.6 Å². The highest BCUT2D eigenvalue weighted by Crippen LogP contribution is 2.24. The summed E-state index contributed by atoms with van der Waals surface area (Å²) in [5.41, 5.74) is 1.34. The molecule has 0 aliphatic carbocycles. The molecule has 1 aromatic rings. The van der Waals surface area contributed by atoms with Gasteiger partial charge in [0.25, 0.3) is 0 Å². The molecule has 0 aliphatic heterocycles. The normalized spacial score (nSPS) is 12.4. The number of benzene rings is 1. The van der Waals surface area contributed by atoms with E-state index in [4.69, 9.17) is 0 Å². The number of ketones is 1. The number of Topliss-reactive ketones (excluding diaryl/α,β-unsaturated/α-hetero) is 1. The highest BCUT2D eigenvalue weighted by molar-refractivity contribution is 7.99. The average Bonchev–Trinajstić information content (AvgIpc) is 2.34. The summed E-state index contributed by atoms with van der Waals surface area (Å²) in [6.07, 6.45) is 2.85.